The molecule has 0 bridgehead atoms. The number of carbonyl (C=O) groups is 4. The minimum atomic E-state index is -1.17. The molecule has 2 atom stereocenters. The van der Waals surface area contributed by atoms with Crippen LogP contribution in [-0.4, -0.2) is 70.4 Å². The molecular formula is C20H25N5O5. The molecule has 3 rings (SSSR count). The number of carboxylic acid groups (broad SMARTS) is 1. The Kier molecular flexibility index (Phi) is 6.68. The minimum absolute atomic E-state index is 0.0977. The lowest BCUT2D eigenvalue weighted by Crippen LogP contribution is -2.51. The number of likely N-dealkylation sites (tertiary alicyclic amines) is 1. The van der Waals surface area contributed by atoms with Crippen molar-refractivity contribution in [3.05, 3.63) is 36.0 Å². The largest absolute Gasteiger partial charge is 0.480 e. The predicted octanol–water partition coefficient (Wildman–Crippen LogP) is -0.654. The molecule has 1 saturated heterocycles. The standard InChI is InChI=1S/C20H25N5O5/c21-9-18(27)25-7-3-6-16(25)19(28)23-11-17(26)24-15(20(29)30)8-12-10-22-14-5-2-1-4-13(12)14/h1-2,4-5,10,15-16,22H,3,6-9,11,21H2,(H,23,28)(H,24,26)(H,29,30). The number of amides is 3. The highest BCUT2D eigenvalue weighted by Crippen LogP contribution is 2.19. The molecule has 2 unspecified atom stereocenters. The quantitative estimate of drug-likeness (QED) is 0.385. The lowest BCUT2D eigenvalue weighted by atomic mass is 10.0. The summed E-state index contributed by atoms with van der Waals surface area (Å²) in [5.41, 5.74) is 7.01. The first-order valence-electron chi connectivity index (χ1n) is 9.75. The number of fused-ring (bicyclic) bond motifs is 1. The number of aromatic amines is 1. The highest BCUT2D eigenvalue weighted by atomic mass is 16.4. The van der Waals surface area contributed by atoms with Crippen LogP contribution in [0.5, 0.6) is 0 Å². The summed E-state index contributed by atoms with van der Waals surface area (Å²) >= 11 is 0. The third-order valence-electron chi connectivity index (χ3n) is 5.21. The van der Waals surface area contributed by atoms with Crippen LogP contribution in [0.1, 0.15) is 18.4 Å². The van der Waals surface area contributed by atoms with Crippen molar-refractivity contribution in [1.82, 2.24) is 20.5 Å². The van der Waals surface area contributed by atoms with E-state index in [1.807, 2.05) is 24.3 Å². The van der Waals surface area contributed by atoms with E-state index in [-0.39, 0.29) is 25.4 Å². The molecule has 3 amide bonds. The number of carboxylic acids is 1. The van der Waals surface area contributed by atoms with E-state index in [1.54, 1.807) is 6.20 Å². The van der Waals surface area contributed by atoms with Crippen molar-refractivity contribution in [3.63, 3.8) is 0 Å². The molecule has 1 aliphatic rings. The molecule has 6 N–H and O–H groups in total. The number of H-pyrrole nitrogens is 1. The number of carbonyl (C=O) groups excluding carboxylic acids is 3. The molecule has 1 aromatic carbocycles. The maximum atomic E-state index is 12.4. The topological polar surface area (TPSA) is 158 Å². The first kappa shape index (κ1) is 21.3. The van der Waals surface area contributed by atoms with E-state index in [0.29, 0.717) is 19.4 Å². The average molecular weight is 415 g/mol. The number of rotatable bonds is 8. The molecule has 2 heterocycles. The van der Waals surface area contributed by atoms with Crippen LogP contribution >= 0.6 is 0 Å². The fourth-order valence-electron chi connectivity index (χ4n) is 3.71. The van der Waals surface area contributed by atoms with Gasteiger partial charge in [0.1, 0.15) is 12.1 Å². The van der Waals surface area contributed by atoms with Crippen molar-refractivity contribution in [2.75, 3.05) is 19.6 Å². The Hall–Kier alpha value is -3.40. The van der Waals surface area contributed by atoms with Gasteiger partial charge in [-0.25, -0.2) is 4.79 Å². The smallest absolute Gasteiger partial charge is 0.326 e. The van der Waals surface area contributed by atoms with Crippen LogP contribution in [-0.2, 0) is 25.6 Å². The van der Waals surface area contributed by atoms with Crippen LogP contribution in [0.4, 0.5) is 0 Å². The Morgan fingerprint density at radius 1 is 1.27 bits per heavy atom. The zero-order chi connectivity index (χ0) is 21.7. The first-order chi connectivity index (χ1) is 14.4. The maximum absolute atomic E-state index is 12.4. The highest BCUT2D eigenvalue weighted by Gasteiger charge is 2.33. The van der Waals surface area contributed by atoms with Crippen molar-refractivity contribution >= 4 is 34.6 Å². The van der Waals surface area contributed by atoms with Gasteiger partial charge in [0.15, 0.2) is 0 Å². The highest BCUT2D eigenvalue weighted by molar-refractivity contribution is 5.92. The van der Waals surface area contributed by atoms with Gasteiger partial charge < -0.3 is 31.4 Å². The van der Waals surface area contributed by atoms with E-state index in [1.165, 1.54) is 4.90 Å². The Morgan fingerprint density at radius 2 is 2.03 bits per heavy atom. The fourth-order valence-corrected chi connectivity index (χ4v) is 3.71. The number of aliphatic carboxylic acids is 1. The molecule has 160 valence electrons. The molecule has 1 fully saturated rings. The second-order valence-corrected chi connectivity index (χ2v) is 7.19. The van der Waals surface area contributed by atoms with Crippen LogP contribution in [0.3, 0.4) is 0 Å². The molecular weight excluding hydrogens is 390 g/mol. The van der Waals surface area contributed by atoms with Gasteiger partial charge in [0.2, 0.25) is 17.7 Å². The number of benzene rings is 1. The Morgan fingerprint density at radius 3 is 2.77 bits per heavy atom. The SMILES string of the molecule is NCC(=O)N1CCCC1C(=O)NCC(=O)NC(Cc1c[nH]c2ccccc12)C(=O)O. The molecule has 0 aliphatic carbocycles. The molecule has 0 radical (unpaired) electrons. The van der Waals surface area contributed by atoms with Gasteiger partial charge in [-0.15, -0.1) is 0 Å². The van der Waals surface area contributed by atoms with Crippen molar-refractivity contribution < 1.29 is 24.3 Å². The van der Waals surface area contributed by atoms with Crippen LogP contribution in [0.2, 0.25) is 0 Å². The van der Waals surface area contributed by atoms with E-state index in [2.05, 4.69) is 15.6 Å². The van der Waals surface area contributed by atoms with E-state index in [0.717, 1.165) is 16.5 Å². The summed E-state index contributed by atoms with van der Waals surface area (Å²) in [4.78, 5) is 52.5. The zero-order valence-electron chi connectivity index (χ0n) is 16.4. The summed E-state index contributed by atoms with van der Waals surface area (Å²) in [5.74, 6) is -2.56. The Labute approximate surface area is 172 Å². The number of nitrogens with zero attached hydrogens (tertiary/aromatic N) is 1. The van der Waals surface area contributed by atoms with E-state index in [4.69, 9.17) is 5.73 Å². The summed E-state index contributed by atoms with van der Waals surface area (Å²) in [7, 11) is 0. The lowest BCUT2D eigenvalue weighted by molar-refractivity contribution is -0.142. The maximum Gasteiger partial charge on any atom is 0.326 e. The number of hydrogen-bond donors (Lipinski definition) is 5. The van der Waals surface area contributed by atoms with Crippen molar-refractivity contribution in [2.45, 2.75) is 31.3 Å². The molecule has 10 nitrogen and oxygen atoms in total. The van der Waals surface area contributed by atoms with Gasteiger partial charge in [0, 0.05) is 30.1 Å². The minimum Gasteiger partial charge on any atom is -0.480 e. The van der Waals surface area contributed by atoms with Crippen LogP contribution in [0.25, 0.3) is 10.9 Å². The van der Waals surface area contributed by atoms with Crippen LogP contribution < -0.4 is 16.4 Å². The summed E-state index contributed by atoms with van der Waals surface area (Å²) in [6, 6.07) is 5.67. The second-order valence-electron chi connectivity index (χ2n) is 7.19. The van der Waals surface area contributed by atoms with E-state index in [9.17, 15) is 24.3 Å². The third kappa shape index (κ3) is 4.77. The van der Waals surface area contributed by atoms with Crippen molar-refractivity contribution in [3.8, 4) is 0 Å². The number of nitrogens with one attached hydrogen (secondary N) is 3. The fraction of sp³-hybridized carbons (Fsp3) is 0.400. The van der Waals surface area contributed by atoms with Gasteiger partial charge in [0.25, 0.3) is 0 Å². The van der Waals surface area contributed by atoms with Gasteiger partial charge >= 0.3 is 5.97 Å². The van der Waals surface area contributed by atoms with Gasteiger partial charge in [-0.3, -0.25) is 14.4 Å². The summed E-state index contributed by atoms with van der Waals surface area (Å²) in [6.07, 6.45) is 3.00. The molecule has 2 aromatic rings. The predicted molar refractivity (Wildman–Crippen MR) is 108 cm³/mol. The van der Waals surface area contributed by atoms with Crippen molar-refractivity contribution in [1.29, 1.82) is 0 Å². The molecule has 0 saturated carbocycles. The Bertz CT molecular complexity index is 956. The van der Waals surface area contributed by atoms with Crippen LogP contribution in [0, 0.1) is 0 Å². The molecule has 0 spiro atoms. The number of aromatic nitrogens is 1. The summed E-state index contributed by atoms with van der Waals surface area (Å²) in [6.45, 7) is -0.109. The first-order valence-corrected chi connectivity index (χ1v) is 9.75. The van der Waals surface area contributed by atoms with Gasteiger partial charge in [0.05, 0.1) is 13.1 Å². The normalized spacial score (nSPS) is 17.0. The van der Waals surface area contributed by atoms with Crippen molar-refractivity contribution in [2.24, 2.45) is 5.73 Å². The molecule has 1 aromatic heterocycles. The summed E-state index contributed by atoms with van der Waals surface area (Å²) in [5, 5.41) is 15.3. The Balaban J connectivity index is 1.56. The molecule has 10 heteroatoms. The van der Waals surface area contributed by atoms with E-state index >= 15 is 0 Å². The van der Waals surface area contributed by atoms with Gasteiger partial charge in [-0.05, 0) is 24.5 Å². The van der Waals surface area contributed by atoms with Gasteiger partial charge in [-0.1, -0.05) is 18.2 Å². The van der Waals surface area contributed by atoms with Crippen LogP contribution in [0.15, 0.2) is 30.5 Å². The molecule has 1 aliphatic heterocycles. The number of nitrogens with two attached hydrogens (primary N) is 1. The number of hydrogen-bond acceptors (Lipinski definition) is 5. The average Bonchev–Trinajstić information content (AvgIpc) is 3.38. The lowest BCUT2D eigenvalue weighted by Gasteiger charge is -2.23. The monoisotopic (exact) mass is 415 g/mol. The second kappa shape index (κ2) is 9.40. The molecule has 30 heavy (non-hydrogen) atoms. The van der Waals surface area contributed by atoms with E-state index < -0.39 is 29.9 Å². The summed E-state index contributed by atoms with van der Waals surface area (Å²) < 4.78 is 0. The zero-order valence-corrected chi connectivity index (χ0v) is 16.4. The number of para-hydroxylation sites is 1. The third-order valence-corrected chi connectivity index (χ3v) is 5.21. The van der Waals surface area contributed by atoms with Gasteiger partial charge in [-0.2, -0.15) is 0 Å².